The van der Waals surface area contributed by atoms with E-state index in [1.54, 1.807) is 0 Å². The summed E-state index contributed by atoms with van der Waals surface area (Å²) >= 11 is 3.11. The zero-order chi connectivity index (χ0) is 11.6. The minimum atomic E-state index is -3.42. The van der Waals surface area contributed by atoms with Crippen LogP contribution in [0.5, 0.6) is 0 Å². The Labute approximate surface area is 95.3 Å². The third kappa shape index (κ3) is 3.52. The maximum absolute atomic E-state index is 11.0. The lowest BCUT2D eigenvalue weighted by atomic mass is 10.2. The maximum Gasteiger partial charge on any atom is 0.335 e. The summed E-state index contributed by atoms with van der Waals surface area (Å²) in [6.45, 7) is 0. The number of hydrogen-bond donors (Lipinski definition) is 2. The quantitative estimate of drug-likeness (QED) is 0.885. The number of carboxylic acid groups (broad SMARTS) is 1. The molecule has 82 valence electrons. The number of nitrogens with one attached hydrogen (secondary N) is 1. The van der Waals surface area contributed by atoms with E-state index in [0.717, 1.165) is 6.26 Å². The first kappa shape index (κ1) is 12.0. The van der Waals surface area contributed by atoms with E-state index < -0.39 is 16.0 Å². The highest BCUT2D eigenvalue weighted by Gasteiger charge is 2.09. The summed E-state index contributed by atoms with van der Waals surface area (Å²) in [6.07, 6.45) is 0.993. The van der Waals surface area contributed by atoms with E-state index >= 15 is 0 Å². The van der Waals surface area contributed by atoms with E-state index in [4.69, 9.17) is 5.11 Å². The molecule has 1 aromatic carbocycles. The highest BCUT2D eigenvalue weighted by molar-refractivity contribution is 9.10. The van der Waals surface area contributed by atoms with Crippen LogP contribution >= 0.6 is 15.9 Å². The van der Waals surface area contributed by atoms with Crippen molar-refractivity contribution in [3.8, 4) is 0 Å². The number of carbonyl (C=O) groups is 1. The molecule has 0 atom stereocenters. The van der Waals surface area contributed by atoms with Crippen molar-refractivity contribution in [1.82, 2.24) is 0 Å². The lowest BCUT2D eigenvalue weighted by Gasteiger charge is -2.06. The molecular weight excluding hydrogens is 286 g/mol. The molecule has 0 radical (unpaired) electrons. The number of benzene rings is 1. The van der Waals surface area contributed by atoms with Gasteiger partial charge in [0.1, 0.15) is 0 Å². The predicted molar refractivity (Wildman–Crippen MR) is 59.6 cm³/mol. The highest BCUT2D eigenvalue weighted by Crippen LogP contribution is 2.24. The molecular formula is C8H8BrNO4S. The summed E-state index contributed by atoms with van der Waals surface area (Å²) in [5.74, 6) is -1.11. The highest BCUT2D eigenvalue weighted by atomic mass is 79.9. The van der Waals surface area contributed by atoms with Gasteiger partial charge in [0.05, 0.1) is 17.5 Å². The van der Waals surface area contributed by atoms with Crippen LogP contribution in [0.1, 0.15) is 10.4 Å². The van der Waals surface area contributed by atoms with Crippen molar-refractivity contribution in [2.45, 2.75) is 0 Å². The summed E-state index contributed by atoms with van der Waals surface area (Å²) in [5, 5.41) is 8.71. The van der Waals surface area contributed by atoms with Crippen molar-refractivity contribution >= 4 is 37.6 Å². The Morgan fingerprint density at radius 3 is 2.53 bits per heavy atom. The molecule has 0 aliphatic carbocycles. The molecule has 0 amide bonds. The van der Waals surface area contributed by atoms with Crippen LogP contribution in [0.4, 0.5) is 5.69 Å². The average Bonchev–Trinajstić information content (AvgIpc) is 2.06. The standard InChI is InChI=1S/C8H8BrNO4S/c1-15(13,14)10-7-4-5(8(11)12)2-3-6(7)9/h2-4,10H,1H3,(H,11,12). The van der Waals surface area contributed by atoms with Gasteiger partial charge in [0.2, 0.25) is 10.0 Å². The Kier molecular flexibility index (Phi) is 3.35. The Morgan fingerprint density at radius 1 is 1.47 bits per heavy atom. The van der Waals surface area contributed by atoms with E-state index in [1.165, 1.54) is 18.2 Å². The minimum absolute atomic E-state index is 0.0179. The Balaban J connectivity index is 3.17. The lowest BCUT2D eigenvalue weighted by Crippen LogP contribution is -2.10. The SMILES string of the molecule is CS(=O)(=O)Nc1cc(C(=O)O)ccc1Br. The van der Waals surface area contributed by atoms with E-state index in [-0.39, 0.29) is 11.3 Å². The number of rotatable bonds is 3. The van der Waals surface area contributed by atoms with Crippen molar-refractivity contribution in [3.05, 3.63) is 28.2 Å². The van der Waals surface area contributed by atoms with Gasteiger partial charge >= 0.3 is 5.97 Å². The minimum Gasteiger partial charge on any atom is -0.478 e. The van der Waals surface area contributed by atoms with Crippen molar-refractivity contribution in [2.24, 2.45) is 0 Å². The van der Waals surface area contributed by atoms with Gasteiger partial charge in [-0.1, -0.05) is 0 Å². The van der Waals surface area contributed by atoms with Gasteiger partial charge in [0, 0.05) is 4.47 Å². The van der Waals surface area contributed by atoms with Crippen LogP contribution in [0.3, 0.4) is 0 Å². The molecule has 0 unspecified atom stereocenters. The second kappa shape index (κ2) is 4.19. The molecule has 7 heteroatoms. The molecule has 0 aromatic heterocycles. The Morgan fingerprint density at radius 2 is 2.07 bits per heavy atom. The van der Waals surface area contributed by atoms with Crippen molar-refractivity contribution < 1.29 is 18.3 Å². The number of aromatic carboxylic acids is 1. The van der Waals surface area contributed by atoms with Crippen LogP contribution in [0.15, 0.2) is 22.7 Å². The molecule has 15 heavy (non-hydrogen) atoms. The smallest absolute Gasteiger partial charge is 0.335 e. The molecule has 0 spiro atoms. The van der Waals surface area contributed by atoms with Crippen LogP contribution in [-0.2, 0) is 10.0 Å². The molecule has 0 fully saturated rings. The summed E-state index contributed by atoms with van der Waals surface area (Å²) in [6, 6.07) is 4.09. The van der Waals surface area contributed by atoms with E-state index in [0.29, 0.717) is 4.47 Å². The number of sulfonamides is 1. The predicted octanol–water partition coefficient (Wildman–Crippen LogP) is 1.52. The van der Waals surface area contributed by atoms with Gasteiger partial charge < -0.3 is 5.11 Å². The molecule has 1 aromatic rings. The first-order valence-corrected chi connectivity index (χ1v) is 6.48. The summed E-state index contributed by atoms with van der Waals surface area (Å²) in [4.78, 5) is 10.6. The second-order valence-electron chi connectivity index (χ2n) is 2.87. The molecule has 0 saturated carbocycles. The number of anilines is 1. The van der Waals surface area contributed by atoms with Crippen LogP contribution in [0.25, 0.3) is 0 Å². The van der Waals surface area contributed by atoms with E-state index in [2.05, 4.69) is 20.7 Å². The van der Waals surface area contributed by atoms with Crippen LogP contribution in [0.2, 0.25) is 0 Å². The first-order chi connectivity index (χ1) is 6.79. The Bertz CT molecular complexity index is 497. The van der Waals surface area contributed by atoms with Gasteiger partial charge in [-0.05, 0) is 34.1 Å². The summed E-state index contributed by atoms with van der Waals surface area (Å²) in [7, 11) is -3.42. The fourth-order valence-electron chi connectivity index (χ4n) is 0.936. The van der Waals surface area contributed by atoms with E-state index in [1.807, 2.05) is 0 Å². The number of halogens is 1. The largest absolute Gasteiger partial charge is 0.478 e. The molecule has 0 bridgehead atoms. The third-order valence-corrected chi connectivity index (χ3v) is 2.79. The van der Waals surface area contributed by atoms with Gasteiger partial charge in [-0.15, -0.1) is 0 Å². The van der Waals surface area contributed by atoms with Crippen LogP contribution in [-0.4, -0.2) is 25.7 Å². The second-order valence-corrected chi connectivity index (χ2v) is 5.48. The Hall–Kier alpha value is -1.08. The normalized spacial score (nSPS) is 11.1. The zero-order valence-electron chi connectivity index (χ0n) is 7.69. The van der Waals surface area contributed by atoms with Gasteiger partial charge in [-0.2, -0.15) is 0 Å². The van der Waals surface area contributed by atoms with Crippen molar-refractivity contribution in [3.63, 3.8) is 0 Å². The van der Waals surface area contributed by atoms with Crippen LogP contribution < -0.4 is 4.72 Å². The molecule has 2 N–H and O–H groups in total. The zero-order valence-corrected chi connectivity index (χ0v) is 10.1. The van der Waals surface area contributed by atoms with Crippen molar-refractivity contribution in [2.75, 3.05) is 11.0 Å². The number of hydrogen-bond acceptors (Lipinski definition) is 3. The topological polar surface area (TPSA) is 83.5 Å². The van der Waals surface area contributed by atoms with Gasteiger partial charge in [-0.3, -0.25) is 4.72 Å². The van der Waals surface area contributed by atoms with Gasteiger partial charge in [-0.25, -0.2) is 13.2 Å². The third-order valence-electron chi connectivity index (χ3n) is 1.51. The summed E-state index contributed by atoms with van der Waals surface area (Å²) < 4.78 is 24.6. The molecule has 0 saturated heterocycles. The molecule has 0 aliphatic rings. The first-order valence-electron chi connectivity index (χ1n) is 3.80. The molecule has 0 aliphatic heterocycles. The fraction of sp³-hybridized carbons (Fsp3) is 0.125. The van der Waals surface area contributed by atoms with E-state index in [9.17, 15) is 13.2 Å². The average molecular weight is 294 g/mol. The van der Waals surface area contributed by atoms with Gasteiger partial charge in [0.15, 0.2) is 0 Å². The van der Waals surface area contributed by atoms with Gasteiger partial charge in [0.25, 0.3) is 0 Å². The summed E-state index contributed by atoms with van der Waals surface area (Å²) in [5.41, 5.74) is 0.224. The molecule has 0 heterocycles. The fourth-order valence-corrected chi connectivity index (χ4v) is 1.98. The lowest BCUT2D eigenvalue weighted by molar-refractivity contribution is 0.0697. The number of carboxylic acids is 1. The maximum atomic E-state index is 11.0. The monoisotopic (exact) mass is 293 g/mol. The van der Waals surface area contributed by atoms with Crippen LogP contribution in [0, 0.1) is 0 Å². The molecule has 1 rings (SSSR count). The van der Waals surface area contributed by atoms with Crippen molar-refractivity contribution in [1.29, 1.82) is 0 Å². The molecule has 5 nitrogen and oxygen atoms in total.